The van der Waals surface area contributed by atoms with Gasteiger partial charge in [0.15, 0.2) is 0 Å². The number of nitrogens with zero attached hydrogens (tertiary/aromatic N) is 1. The monoisotopic (exact) mass is 216 g/mol. The summed E-state index contributed by atoms with van der Waals surface area (Å²) >= 11 is 0. The molecule has 0 radical (unpaired) electrons. The number of pyridine rings is 1. The maximum absolute atomic E-state index is 9.17. The molecule has 0 aliphatic carbocycles. The fraction of sp³-hybridized carbons (Fsp3) is 0.308. The highest BCUT2D eigenvalue weighted by molar-refractivity contribution is 5.84. The molecule has 1 aromatic heterocycles. The van der Waals surface area contributed by atoms with Gasteiger partial charge in [-0.05, 0) is 17.9 Å². The summed E-state index contributed by atoms with van der Waals surface area (Å²) in [6.07, 6.45) is 3.42. The van der Waals surface area contributed by atoms with E-state index in [1.807, 2.05) is 24.5 Å². The number of rotatable bonds is 4. The number of nitrogens with one attached hydrogen (secondary N) is 1. The van der Waals surface area contributed by atoms with Crippen molar-refractivity contribution in [3.05, 3.63) is 42.2 Å². The van der Waals surface area contributed by atoms with Gasteiger partial charge in [0.2, 0.25) is 0 Å². The highest BCUT2D eigenvalue weighted by atomic mass is 16.3. The summed E-state index contributed by atoms with van der Waals surface area (Å²) in [6.45, 7) is 3.11. The molecule has 1 aromatic carbocycles. The molecule has 0 spiro atoms. The molecule has 2 rings (SSSR count). The first-order valence-corrected chi connectivity index (χ1v) is 5.48. The Hall–Kier alpha value is -1.45. The summed E-state index contributed by atoms with van der Waals surface area (Å²) in [5.41, 5.74) is 1.17. The van der Waals surface area contributed by atoms with Crippen LogP contribution in [0.4, 0.5) is 0 Å². The Kier molecular flexibility index (Phi) is 3.49. The van der Waals surface area contributed by atoms with E-state index in [-0.39, 0.29) is 6.10 Å². The van der Waals surface area contributed by atoms with Crippen LogP contribution in [-0.2, 0) is 6.54 Å². The van der Waals surface area contributed by atoms with E-state index in [0.29, 0.717) is 6.54 Å². The van der Waals surface area contributed by atoms with Crippen LogP contribution in [0.3, 0.4) is 0 Å². The zero-order chi connectivity index (χ0) is 11.4. The minimum Gasteiger partial charge on any atom is -0.392 e. The Morgan fingerprint density at radius 1 is 1.31 bits per heavy atom. The third kappa shape index (κ3) is 2.56. The highest BCUT2D eigenvalue weighted by Gasteiger charge is 2.01. The molecular formula is C13H16N2O. The maximum atomic E-state index is 9.17. The van der Waals surface area contributed by atoms with Gasteiger partial charge in [-0.3, -0.25) is 4.98 Å². The molecule has 2 aromatic rings. The van der Waals surface area contributed by atoms with E-state index >= 15 is 0 Å². The van der Waals surface area contributed by atoms with Crippen LogP contribution in [0, 0.1) is 0 Å². The van der Waals surface area contributed by atoms with Crippen molar-refractivity contribution in [1.29, 1.82) is 0 Å². The lowest BCUT2D eigenvalue weighted by molar-refractivity contribution is 0.191. The van der Waals surface area contributed by atoms with E-state index in [1.54, 1.807) is 6.92 Å². The minimum absolute atomic E-state index is 0.317. The second kappa shape index (κ2) is 5.05. The second-order valence-electron chi connectivity index (χ2n) is 4.00. The van der Waals surface area contributed by atoms with Crippen molar-refractivity contribution in [2.24, 2.45) is 0 Å². The fourth-order valence-electron chi connectivity index (χ4n) is 1.74. The quantitative estimate of drug-likeness (QED) is 0.817. The summed E-state index contributed by atoms with van der Waals surface area (Å²) in [7, 11) is 0. The number of aliphatic hydroxyl groups is 1. The molecule has 3 heteroatoms. The van der Waals surface area contributed by atoms with Gasteiger partial charge in [0.25, 0.3) is 0 Å². The van der Waals surface area contributed by atoms with Gasteiger partial charge >= 0.3 is 0 Å². The third-order valence-electron chi connectivity index (χ3n) is 2.51. The van der Waals surface area contributed by atoms with E-state index in [9.17, 15) is 0 Å². The standard InChI is InChI=1S/C13H16N2O/c1-10(16)6-14-8-12-9-15-7-11-4-2-3-5-13(11)12/h2-5,7,9-10,14,16H,6,8H2,1H3/t10-/m0/s1. The van der Waals surface area contributed by atoms with Crippen LogP contribution in [0.2, 0.25) is 0 Å². The molecule has 0 aliphatic heterocycles. The molecule has 3 nitrogen and oxygen atoms in total. The van der Waals surface area contributed by atoms with E-state index in [2.05, 4.69) is 22.4 Å². The smallest absolute Gasteiger partial charge is 0.0636 e. The summed E-state index contributed by atoms with van der Waals surface area (Å²) in [5, 5.41) is 14.7. The zero-order valence-corrected chi connectivity index (χ0v) is 9.35. The number of hydrogen-bond acceptors (Lipinski definition) is 3. The lowest BCUT2D eigenvalue weighted by Gasteiger charge is -2.08. The van der Waals surface area contributed by atoms with Gasteiger partial charge < -0.3 is 10.4 Å². The number of fused-ring (bicyclic) bond motifs is 1. The SMILES string of the molecule is C[C@H](O)CNCc1cncc2ccccc12. The highest BCUT2D eigenvalue weighted by Crippen LogP contribution is 2.16. The normalized spacial score (nSPS) is 12.9. The lowest BCUT2D eigenvalue weighted by Crippen LogP contribution is -2.23. The number of benzene rings is 1. The fourth-order valence-corrected chi connectivity index (χ4v) is 1.74. The third-order valence-corrected chi connectivity index (χ3v) is 2.51. The summed E-state index contributed by atoms with van der Waals surface area (Å²) in [6, 6.07) is 8.19. The molecular weight excluding hydrogens is 200 g/mol. The van der Waals surface area contributed by atoms with Crippen LogP contribution >= 0.6 is 0 Å². The molecule has 0 aliphatic rings. The largest absolute Gasteiger partial charge is 0.392 e. The first kappa shape index (κ1) is 11.0. The van der Waals surface area contributed by atoms with Crippen molar-refractivity contribution < 1.29 is 5.11 Å². The zero-order valence-electron chi connectivity index (χ0n) is 9.35. The molecule has 1 heterocycles. The van der Waals surface area contributed by atoms with Crippen LogP contribution < -0.4 is 5.32 Å². The number of aliphatic hydroxyl groups excluding tert-OH is 1. The van der Waals surface area contributed by atoms with Gasteiger partial charge in [-0.1, -0.05) is 24.3 Å². The Balaban J connectivity index is 2.17. The summed E-state index contributed by atoms with van der Waals surface area (Å²) in [5.74, 6) is 0. The van der Waals surface area contributed by atoms with Crippen LogP contribution in [-0.4, -0.2) is 22.7 Å². The predicted octanol–water partition coefficient (Wildman–Crippen LogP) is 1.71. The summed E-state index contributed by atoms with van der Waals surface area (Å²) < 4.78 is 0. The number of aromatic nitrogens is 1. The van der Waals surface area contributed by atoms with Gasteiger partial charge in [-0.25, -0.2) is 0 Å². The van der Waals surface area contributed by atoms with Gasteiger partial charge in [0.1, 0.15) is 0 Å². The molecule has 0 saturated carbocycles. The molecule has 1 atom stereocenters. The van der Waals surface area contributed by atoms with Crippen molar-refractivity contribution in [2.75, 3.05) is 6.54 Å². The van der Waals surface area contributed by atoms with Crippen LogP contribution in [0.15, 0.2) is 36.7 Å². The average Bonchev–Trinajstić information content (AvgIpc) is 2.29. The molecule has 16 heavy (non-hydrogen) atoms. The Morgan fingerprint density at radius 3 is 2.94 bits per heavy atom. The molecule has 0 bridgehead atoms. The van der Waals surface area contributed by atoms with Gasteiger partial charge in [0, 0.05) is 30.9 Å². The predicted molar refractivity (Wildman–Crippen MR) is 65.1 cm³/mol. The van der Waals surface area contributed by atoms with Crippen LogP contribution in [0.5, 0.6) is 0 Å². The first-order valence-electron chi connectivity index (χ1n) is 5.48. The molecule has 0 saturated heterocycles. The first-order chi connectivity index (χ1) is 7.77. The van der Waals surface area contributed by atoms with Gasteiger partial charge in [0.05, 0.1) is 6.10 Å². The Bertz CT molecular complexity index is 463. The van der Waals surface area contributed by atoms with Gasteiger partial charge in [-0.15, -0.1) is 0 Å². The molecule has 2 N–H and O–H groups in total. The van der Waals surface area contributed by atoms with Crippen molar-refractivity contribution in [1.82, 2.24) is 10.3 Å². The second-order valence-corrected chi connectivity index (χ2v) is 4.00. The van der Waals surface area contributed by atoms with Crippen molar-refractivity contribution in [3.63, 3.8) is 0 Å². The van der Waals surface area contributed by atoms with Gasteiger partial charge in [-0.2, -0.15) is 0 Å². The van der Waals surface area contributed by atoms with Crippen molar-refractivity contribution in [3.8, 4) is 0 Å². The minimum atomic E-state index is -0.317. The number of hydrogen-bond donors (Lipinski definition) is 2. The average molecular weight is 216 g/mol. The summed E-state index contributed by atoms with van der Waals surface area (Å²) in [4.78, 5) is 4.21. The molecule has 0 fully saturated rings. The van der Waals surface area contributed by atoms with Crippen molar-refractivity contribution in [2.45, 2.75) is 19.6 Å². The topological polar surface area (TPSA) is 45.1 Å². The van der Waals surface area contributed by atoms with E-state index in [0.717, 1.165) is 11.9 Å². The van der Waals surface area contributed by atoms with Crippen LogP contribution in [0.1, 0.15) is 12.5 Å². The van der Waals surface area contributed by atoms with E-state index in [4.69, 9.17) is 5.11 Å². The van der Waals surface area contributed by atoms with Crippen molar-refractivity contribution >= 4 is 10.8 Å². The Labute approximate surface area is 95.1 Å². The molecule has 0 unspecified atom stereocenters. The maximum Gasteiger partial charge on any atom is 0.0636 e. The Morgan fingerprint density at radius 2 is 2.12 bits per heavy atom. The molecule has 84 valence electrons. The lowest BCUT2D eigenvalue weighted by atomic mass is 10.1. The molecule has 0 amide bonds. The van der Waals surface area contributed by atoms with E-state index < -0.39 is 0 Å². The van der Waals surface area contributed by atoms with E-state index in [1.165, 1.54) is 10.9 Å². The van der Waals surface area contributed by atoms with Crippen LogP contribution in [0.25, 0.3) is 10.8 Å².